The lowest BCUT2D eigenvalue weighted by atomic mass is 10.1. The number of fused-ring (bicyclic) bond motifs is 1. The highest BCUT2D eigenvalue weighted by Gasteiger charge is 2.34. The van der Waals surface area contributed by atoms with Gasteiger partial charge in [-0.05, 0) is 23.8 Å². The van der Waals surface area contributed by atoms with Gasteiger partial charge in [-0.15, -0.1) is 0 Å². The lowest BCUT2D eigenvalue weighted by molar-refractivity contribution is -0.139. The van der Waals surface area contributed by atoms with E-state index >= 15 is 0 Å². The second-order valence-electron chi connectivity index (χ2n) is 6.25. The van der Waals surface area contributed by atoms with Crippen LogP contribution in [0.25, 0.3) is 0 Å². The van der Waals surface area contributed by atoms with E-state index in [0.29, 0.717) is 19.5 Å². The molecule has 124 valence electrons. The zero-order valence-electron chi connectivity index (χ0n) is 13.4. The minimum absolute atomic E-state index is 0.0889. The van der Waals surface area contributed by atoms with Gasteiger partial charge in [0.25, 0.3) is 5.91 Å². The quantitative estimate of drug-likeness (QED) is 0.870. The molecule has 0 bridgehead atoms. The molecule has 1 atom stereocenters. The van der Waals surface area contributed by atoms with Crippen molar-refractivity contribution in [1.82, 2.24) is 9.88 Å². The van der Waals surface area contributed by atoms with Crippen molar-refractivity contribution in [2.75, 3.05) is 13.1 Å². The van der Waals surface area contributed by atoms with Crippen LogP contribution in [0, 0.1) is 0 Å². The molecule has 2 aromatic rings. The molecule has 2 aliphatic heterocycles. The molecule has 0 saturated carbocycles. The topological polar surface area (TPSA) is 51.7 Å². The molecular formula is C19H20N2O3. The molecule has 24 heavy (non-hydrogen) atoms. The molecule has 5 heteroatoms. The first-order valence-electron chi connectivity index (χ1n) is 8.39. The zero-order valence-corrected chi connectivity index (χ0v) is 13.4. The molecule has 1 amide bonds. The number of piperidine rings is 1. The molecule has 5 nitrogen and oxygen atoms in total. The fourth-order valence-electron chi connectivity index (χ4n) is 3.33. The Kier molecular flexibility index (Phi) is 4.07. The van der Waals surface area contributed by atoms with Crippen LogP contribution in [0.1, 0.15) is 18.4 Å². The highest BCUT2D eigenvalue weighted by molar-refractivity contribution is 5.82. The van der Waals surface area contributed by atoms with E-state index in [9.17, 15) is 4.79 Å². The summed E-state index contributed by atoms with van der Waals surface area (Å²) in [6.07, 6.45) is 5.55. The van der Waals surface area contributed by atoms with Crippen molar-refractivity contribution in [2.45, 2.75) is 31.5 Å². The van der Waals surface area contributed by atoms with E-state index in [1.165, 1.54) is 0 Å². The van der Waals surface area contributed by atoms with Gasteiger partial charge in [0.15, 0.2) is 6.10 Å². The maximum Gasteiger partial charge on any atom is 0.263 e. The fraction of sp³-hybridized carbons (Fsp3) is 0.368. The van der Waals surface area contributed by atoms with E-state index in [2.05, 4.69) is 4.98 Å². The van der Waals surface area contributed by atoms with Crippen molar-refractivity contribution in [3.05, 3.63) is 54.4 Å². The van der Waals surface area contributed by atoms with Crippen LogP contribution >= 0.6 is 0 Å². The second-order valence-corrected chi connectivity index (χ2v) is 6.25. The number of benzene rings is 1. The molecule has 1 aromatic carbocycles. The molecule has 4 rings (SSSR count). The molecule has 0 unspecified atom stereocenters. The lowest BCUT2D eigenvalue weighted by Crippen LogP contribution is -2.47. The minimum Gasteiger partial charge on any atom is -0.489 e. The number of likely N-dealkylation sites (tertiary alicyclic amines) is 1. The molecule has 0 N–H and O–H groups in total. The zero-order chi connectivity index (χ0) is 16.4. The normalized spacial score (nSPS) is 20.3. The van der Waals surface area contributed by atoms with Crippen LogP contribution in [0.4, 0.5) is 0 Å². The van der Waals surface area contributed by atoms with E-state index in [1.54, 1.807) is 12.4 Å². The van der Waals surface area contributed by atoms with Crippen molar-refractivity contribution in [1.29, 1.82) is 0 Å². The monoisotopic (exact) mass is 324 g/mol. The molecular weight excluding hydrogens is 304 g/mol. The van der Waals surface area contributed by atoms with E-state index in [-0.39, 0.29) is 18.1 Å². The first kappa shape index (κ1) is 15.0. The summed E-state index contributed by atoms with van der Waals surface area (Å²) in [6.45, 7) is 1.42. The van der Waals surface area contributed by atoms with Crippen LogP contribution in [0.5, 0.6) is 11.5 Å². The molecule has 0 radical (unpaired) electrons. The Morgan fingerprint density at radius 3 is 2.75 bits per heavy atom. The summed E-state index contributed by atoms with van der Waals surface area (Å²) in [7, 11) is 0. The SMILES string of the molecule is O=C([C@@H]1Cc2ccccc2O1)N1CCC(Oc2cccnc2)CC1. The van der Waals surface area contributed by atoms with E-state index in [4.69, 9.17) is 9.47 Å². The average Bonchev–Trinajstić information content (AvgIpc) is 3.07. The predicted molar refractivity (Wildman–Crippen MR) is 89.0 cm³/mol. The Morgan fingerprint density at radius 1 is 1.17 bits per heavy atom. The van der Waals surface area contributed by atoms with Crippen LogP contribution in [0.15, 0.2) is 48.8 Å². The smallest absolute Gasteiger partial charge is 0.263 e. The Hall–Kier alpha value is -2.56. The third-order valence-electron chi connectivity index (χ3n) is 4.61. The molecule has 1 fully saturated rings. The number of rotatable bonds is 3. The van der Waals surface area contributed by atoms with Crippen LogP contribution in [-0.2, 0) is 11.2 Å². The van der Waals surface area contributed by atoms with E-state index < -0.39 is 0 Å². The Balaban J connectivity index is 1.31. The molecule has 0 spiro atoms. The van der Waals surface area contributed by atoms with Crippen LogP contribution in [0.2, 0.25) is 0 Å². The minimum atomic E-state index is -0.377. The molecule has 1 aromatic heterocycles. The van der Waals surface area contributed by atoms with Gasteiger partial charge in [0.05, 0.1) is 6.20 Å². The Bertz CT molecular complexity index is 687. The Morgan fingerprint density at radius 2 is 2.00 bits per heavy atom. The van der Waals surface area contributed by atoms with Gasteiger partial charge < -0.3 is 14.4 Å². The number of para-hydroxylation sites is 1. The highest BCUT2D eigenvalue weighted by Crippen LogP contribution is 2.29. The molecule has 0 aliphatic carbocycles. The summed E-state index contributed by atoms with van der Waals surface area (Å²) in [6, 6.07) is 11.6. The summed E-state index contributed by atoms with van der Waals surface area (Å²) >= 11 is 0. The van der Waals surface area contributed by atoms with Gasteiger partial charge in [-0.3, -0.25) is 9.78 Å². The number of amides is 1. The summed E-state index contributed by atoms with van der Waals surface area (Å²) in [4.78, 5) is 18.6. The first-order valence-corrected chi connectivity index (χ1v) is 8.39. The van der Waals surface area contributed by atoms with Crippen molar-refractivity contribution in [3.63, 3.8) is 0 Å². The summed E-state index contributed by atoms with van der Waals surface area (Å²) in [5.74, 6) is 1.72. The Labute approximate surface area is 141 Å². The number of nitrogens with zero attached hydrogens (tertiary/aromatic N) is 2. The first-order chi connectivity index (χ1) is 11.8. The van der Waals surface area contributed by atoms with Gasteiger partial charge in [-0.1, -0.05) is 18.2 Å². The highest BCUT2D eigenvalue weighted by atomic mass is 16.5. The molecule has 2 aliphatic rings. The number of carbonyl (C=O) groups excluding carboxylic acids is 1. The van der Waals surface area contributed by atoms with Crippen molar-refractivity contribution in [3.8, 4) is 11.5 Å². The third-order valence-corrected chi connectivity index (χ3v) is 4.61. The van der Waals surface area contributed by atoms with E-state index in [0.717, 1.165) is 29.9 Å². The predicted octanol–water partition coefficient (Wildman–Crippen LogP) is 2.46. The van der Waals surface area contributed by atoms with Crippen LogP contribution in [-0.4, -0.2) is 41.1 Å². The summed E-state index contributed by atoms with van der Waals surface area (Å²) < 4.78 is 11.7. The molecule has 3 heterocycles. The second kappa shape index (κ2) is 6.51. The van der Waals surface area contributed by atoms with Gasteiger partial charge >= 0.3 is 0 Å². The summed E-state index contributed by atoms with van der Waals surface area (Å²) in [5, 5.41) is 0. The number of hydrogen-bond donors (Lipinski definition) is 0. The fourth-order valence-corrected chi connectivity index (χ4v) is 3.33. The van der Waals surface area contributed by atoms with Crippen LogP contribution < -0.4 is 9.47 Å². The molecule has 1 saturated heterocycles. The average molecular weight is 324 g/mol. The number of hydrogen-bond acceptors (Lipinski definition) is 4. The number of pyridine rings is 1. The largest absolute Gasteiger partial charge is 0.489 e. The van der Waals surface area contributed by atoms with Crippen molar-refractivity contribution < 1.29 is 14.3 Å². The van der Waals surface area contributed by atoms with E-state index in [1.807, 2.05) is 41.3 Å². The van der Waals surface area contributed by atoms with Crippen molar-refractivity contribution in [2.24, 2.45) is 0 Å². The van der Waals surface area contributed by atoms with Gasteiger partial charge in [-0.2, -0.15) is 0 Å². The number of carbonyl (C=O) groups is 1. The maximum atomic E-state index is 12.7. The summed E-state index contributed by atoms with van der Waals surface area (Å²) in [5.41, 5.74) is 1.12. The van der Waals surface area contributed by atoms with Crippen LogP contribution in [0.3, 0.4) is 0 Å². The van der Waals surface area contributed by atoms with Gasteiger partial charge in [0.2, 0.25) is 0 Å². The maximum absolute atomic E-state index is 12.7. The standard InChI is InChI=1S/C19H20N2O3/c22-19(18-12-14-4-1-2-6-17(14)24-18)21-10-7-15(8-11-21)23-16-5-3-9-20-13-16/h1-6,9,13,15,18H,7-8,10-12H2/t18-/m0/s1. The number of ether oxygens (including phenoxy) is 2. The number of aromatic nitrogens is 1. The third kappa shape index (κ3) is 3.07. The van der Waals surface area contributed by atoms with Gasteiger partial charge in [0.1, 0.15) is 17.6 Å². The van der Waals surface area contributed by atoms with Gasteiger partial charge in [-0.25, -0.2) is 0 Å². The van der Waals surface area contributed by atoms with Gasteiger partial charge in [0, 0.05) is 38.5 Å². The lowest BCUT2D eigenvalue weighted by Gasteiger charge is -2.33. The van der Waals surface area contributed by atoms with Crippen molar-refractivity contribution >= 4 is 5.91 Å².